The number of rotatable bonds is 3. The maximum atomic E-state index is 2.99. The molecule has 0 spiro atoms. The van der Waals surface area contributed by atoms with Crippen molar-refractivity contribution in [2.24, 2.45) is 0 Å². The topological polar surface area (TPSA) is 0 Å². The molecule has 3 radical (unpaired) electrons. The van der Waals surface area contributed by atoms with Gasteiger partial charge in [-0.15, -0.1) is 46.2 Å². The van der Waals surface area contributed by atoms with Crippen molar-refractivity contribution in [3.05, 3.63) is 78.9 Å². The van der Waals surface area contributed by atoms with Crippen molar-refractivity contribution >= 4 is 31.8 Å². The molecule has 0 nitrogen and oxygen atoms in total. The van der Waals surface area contributed by atoms with Gasteiger partial charge >= 0.3 is 26.2 Å². The minimum Gasteiger partial charge on any atom is -1.00 e. The summed E-state index contributed by atoms with van der Waals surface area (Å²) in [5.41, 5.74) is 0. The third-order valence-corrected chi connectivity index (χ3v) is 4.07. The fraction of sp³-hybridized carbons (Fsp3) is 0.320. The van der Waals surface area contributed by atoms with Crippen molar-refractivity contribution in [3.8, 4) is 0 Å². The van der Waals surface area contributed by atoms with Crippen LogP contribution in [0.15, 0.2) is 72.8 Å². The Bertz CT molecular complexity index is 729. The number of hydrogen-bond donors (Lipinski definition) is 0. The van der Waals surface area contributed by atoms with Gasteiger partial charge in [0.15, 0.2) is 0 Å². The maximum absolute atomic E-state index is 2.99. The van der Waals surface area contributed by atoms with Crippen molar-refractivity contribution < 1.29 is 51.0 Å². The Morgan fingerprint density at radius 3 is 1.59 bits per heavy atom. The first kappa shape index (κ1) is 33.1. The number of fused-ring (bicyclic) bond motifs is 3. The standard InChI is InChI=1S/C13H9.C6H14.C5H5.CH3Si.2ClH.Zr/c1-3-7-12-10(5-1)9-11-6-2-4-8-13(11)12;1-3-5-6-4-2;1-2-4-5-3-1;1-2;;;/h1-9H;3-6H2,1-2H3;1-3H,4H2;1H3;2*1H;/q-1;;-1;;;;+4/p-2. The Morgan fingerprint density at radius 2 is 1.28 bits per heavy atom. The van der Waals surface area contributed by atoms with Crippen LogP contribution in [0.5, 0.6) is 0 Å². The van der Waals surface area contributed by atoms with Crippen LogP contribution in [0.3, 0.4) is 0 Å². The molecule has 153 valence electrons. The van der Waals surface area contributed by atoms with Crippen LogP contribution in [-0.4, -0.2) is 10.2 Å². The van der Waals surface area contributed by atoms with Crippen molar-refractivity contribution in [2.45, 2.75) is 52.5 Å². The van der Waals surface area contributed by atoms with Gasteiger partial charge in [-0.3, -0.25) is 6.08 Å². The molecule has 0 heterocycles. The van der Waals surface area contributed by atoms with Crippen LogP contribution in [0.4, 0.5) is 0 Å². The summed E-state index contributed by atoms with van der Waals surface area (Å²) in [5, 5.41) is 5.39. The van der Waals surface area contributed by atoms with Crippen LogP contribution in [0.2, 0.25) is 6.55 Å². The summed E-state index contributed by atoms with van der Waals surface area (Å²) < 4.78 is 0. The maximum Gasteiger partial charge on any atom is 4.00 e. The Hall–Kier alpha value is -0.530. The quantitative estimate of drug-likeness (QED) is 0.280. The minimum absolute atomic E-state index is 0. The van der Waals surface area contributed by atoms with E-state index < -0.39 is 0 Å². The zero-order valence-electron chi connectivity index (χ0n) is 17.7. The van der Waals surface area contributed by atoms with E-state index in [2.05, 4.69) is 90.8 Å². The predicted octanol–water partition coefficient (Wildman–Crippen LogP) is 1.81. The molecule has 3 aromatic rings. The van der Waals surface area contributed by atoms with E-state index in [0.29, 0.717) is 0 Å². The molecule has 0 amide bonds. The average molecular weight is 522 g/mol. The first-order valence-corrected chi connectivity index (χ1v) is 10.6. The Kier molecular flexibility index (Phi) is 25.3. The Morgan fingerprint density at radius 1 is 0.828 bits per heavy atom. The molecular formula is C25H31Cl2SiZr. The molecule has 4 rings (SSSR count). The van der Waals surface area contributed by atoms with E-state index in [4.69, 9.17) is 0 Å². The van der Waals surface area contributed by atoms with E-state index in [0.717, 1.165) is 6.42 Å². The number of unbranched alkanes of at least 4 members (excludes halogenated alkanes) is 3. The van der Waals surface area contributed by atoms with Crippen LogP contribution >= 0.6 is 0 Å². The van der Waals surface area contributed by atoms with Gasteiger partial charge in [0, 0.05) is 10.2 Å². The van der Waals surface area contributed by atoms with Crippen LogP contribution in [0.25, 0.3) is 21.5 Å². The van der Waals surface area contributed by atoms with Crippen LogP contribution in [-0.2, 0) is 26.2 Å². The summed E-state index contributed by atoms with van der Waals surface area (Å²) >= 11 is 0. The molecule has 4 heteroatoms. The van der Waals surface area contributed by atoms with Gasteiger partial charge in [-0.25, -0.2) is 12.2 Å². The summed E-state index contributed by atoms with van der Waals surface area (Å²) in [6.45, 7) is 6.27. The van der Waals surface area contributed by atoms with Crippen molar-refractivity contribution in [2.75, 3.05) is 0 Å². The molecular weight excluding hydrogens is 490 g/mol. The molecule has 0 saturated heterocycles. The van der Waals surface area contributed by atoms with Crippen molar-refractivity contribution in [1.82, 2.24) is 0 Å². The van der Waals surface area contributed by atoms with Gasteiger partial charge in [-0.05, 0) is 0 Å². The zero-order valence-corrected chi connectivity index (χ0v) is 22.7. The predicted molar refractivity (Wildman–Crippen MR) is 120 cm³/mol. The molecule has 29 heavy (non-hydrogen) atoms. The molecule has 0 saturated carbocycles. The SMILES string of the molecule is CCCCCC.C[Si].[C-]1=CC=CC1.[Cl-].[Cl-].[Zr+4].c1ccc2c(c1)[cH-]c1ccccc12. The third kappa shape index (κ3) is 12.7. The van der Waals surface area contributed by atoms with E-state index in [1.54, 1.807) is 6.55 Å². The fourth-order valence-corrected chi connectivity index (χ4v) is 2.74. The molecule has 0 aromatic heterocycles. The van der Waals surface area contributed by atoms with E-state index >= 15 is 0 Å². The van der Waals surface area contributed by atoms with Gasteiger partial charge in [-0.1, -0.05) is 82.5 Å². The number of hydrogen-bond acceptors (Lipinski definition) is 0. The van der Waals surface area contributed by atoms with Gasteiger partial charge in [0.2, 0.25) is 0 Å². The largest absolute Gasteiger partial charge is 4.00 e. The smallest absolute Gasteiger partial charge is 1.00 e. The van der Waals surface area contributed by atoms with Crippen LogP contribution in [0.1, 0.15) is 46.0 Å². The molecule has 0 fully saturated rings. The minimum atomic E-state index is 0. The molecule has 1 aliphatic carbocycles. The second-order valence-electron chi connectivity index (χ2n) is 6.03. The number of allylic oxidation sites excluding steroid dienone is 4. The van der Waals surface area contributed by atoms with Gasteiger partial charge in [0.05, 0.1) is 0 Å². The van der Waals surface area contributed by atoms with Crippen molar-refractivity contribution in [1.29, 1.82) is 0 Å². The average Bonchev–Trinajstić information content (AvgIpc) is 3.40. The Balaban J connectivity index is -0.000000364. The normalized spacial score (nSPS) is 10.1. The van der Waals surface area contributed by atoms with E-state index in [1.165, 1.54) is 47.2 Å². The fourth-order valence-electron chi connectivity index (χ4n) is 2.74. The molecule has 0 bridgehead atoms. The summed E-state index contributed by atoms with van der Waals surface area (Å²) in [6.07, 6.45) is 15.5. The first-order valence-electron chi connectivity index (χ1n) is 9.61. The molecule has 0 unspecified atom stereocenters. The number of benzene rings is 2. The van der Waals surface area contributed by atoms with Gasteiger partial charge < -0.3 is 24.8 Å². The zero-order chi connectivity index (χ0) is 19.0. The molecule has 0 aliphatic heterocycles. The molecule has 1 aliphatic rings. The summed E-state index contributed by atoms with van der Waals surface area (Å²) in [5.74, 6) is 0. The van der Waals surface area contributed by atoms with E-state index in [-0.39, 0.29) is 51.0 Å². The van der Waals surface area contributed by atoms with Crippen LogP contribution in [0, 0.1) is 6.08 Å². The molecule has 0 atom stereocenters. The molecule has 3 aromatic carbocycles. The first-order chi connectivity index (χ1) is 12.9. The number of halogens is 2. The monoisotopic (exact) mass is 519 g/mol. The van der Waals surface area contributed by atoms with E-state index in [1.807, 2.05) is 12.2 Å². The molecule has 0 N–H and O–H groups in total. The Labute approximate surface area is 213 Å². The second-order valence-corrected chi connectivity index (χ2v) is 6.03. The van der Waals surface area contributed by atoms with Crippen molar-refractivity contribution in [3.63, 3.8) is 0 Å². The summed E-state index contributed by atoms with van der Waals surface area (Å²) in [6, 6.07) is 19.3. The van der Waals surface area contributed by atoms with Crippen LogP contribution < -0.4 is 24.8 Å². The second kappa shape index (κ2) is 22.2. The van der Waals surface area contributed by atoms with Gasteiger partial charge in [0.1, 0.15) is 0 Å². The van der Waals surface area contributed by atoms with E-state index in [9.17, 15) is 0 Å². The van der Waals surface area contributed by atoms with Gasteiger partial charge in [-0.2, -0.15) is 6.08 Å². The third-order valence-electron chi connectivity index (χ3n) is 4.07. The summed E-state index contributed by atoms with van der Waals surface area (Å²) in [4.78, 5) is 0. The van der Waals surface area contributed by atoms with Gasteiger partial charge in [0.25, 0.3) is 0 Å². The summed E-state index contributed by atoms with van der Waals surface area (Å²) in [7, 11) is 2.97.